The minimum atomic E-state index is -0.190. The highest BCUT2D eigenvalue weighted by molar-refractivity contribution is 6.35. The smallest absolute Gasteiger partial charge is 0.259 e. The van der Waals surface area contributed by atoms with Crippen LogP contribution in [0.5, 0.6) is 5.75 Å². The Labute approximate surface area is 206 Å². The SMILES string of the molecule is O=C(/C=C1\C(=O)N(Cc2ccccc2)c2ccccc21)c1ccc(OCCN2CCCCC2)cc1. The normalized spacial score (nSPS) is 17.0. The second-order valence-electron chi connectivity index (χ2n) is 9.09. The number of ketones is 1. The van der Waals surface area contributed by atoms with Crippen molar-refractivity contribution in [1.82, 2.24) is 4.90 Å². The zero-order valence-electron chi connectivity index (χ0n) is 19.9. The van der Waals surface area contributed by atoms with E-state index in [2.05, 4.69) is 4.90 Å². The third kappa shape index (κ3) is 5.36. The third-order valence-corrected chi connectivity index (χ3v) is 6.68. The molecule has 5 nitrogen and oxygen atoms in total. The number of likely N-dealkylation sites (tertiary alicyclic amines) is 1. The molecule has 3 aromatic rings. The van der Waals surface area contributed by atoms with Gasteiger partial charge in [-0.2, -0.15) is 0 Å². The van der Waals surface area contributed by atoms with Gasteiger partial charge in [-0.15, -0.1) is 0 Å². The molecule has 0 spiro atoms. The maximum atomic E-state index is 13.3. The Kier molecular flexibility index (Phi) is 7.05. The van der Waals surface area contributed by atoms with E-state index in [1.165, 1.54) is 25.3 Å². The molecule has 0 aliphatic carbocycles. The summed E-state index contributed by atoms with van der Waals surface area (Å²) in [6.07, 6.45) is 5.33. The molecule has 0 unspecified atom stereocenters. The van der Waals surface area contributed by atoms with Gasteiger partial charge in [0.25, 0.3) is 5.91 Å². The molecule has 0 N–H and O–H groups in total. The number of para-hydroxylation sites is 1. The van der Waals surface area contributed by atoms with Crippen molar-refractivity contribution in [2.75, 3.05) is 31.1 Å². The predicted molar refractivity (Wildman–Crippen MR) is 139 cm³/mol. The van der Waals surface area contributed by atoms with Gasteiger partial charge in [0.1, 0.15) is 12.4 Å². The topological polar surface area (TPSA) is 49.9 Å². The molecule has 1 fully saturated rings. The molecule has 5 rings (SSSR count). The molecule has 5 heteroatoms. The first-order chi connectivity index (χ1) is 17.2. The monoisotopic (exact) mass is 466 g/mol. The van der Waals surface area contributed by atoms with E-state index in [0.29, 0.717) is 24.3 Å². The van der Waals surface area contributed by atoms with Crippen LogP contribution in [0.25, 0.3) is 5.57 Å². The van der Waals surface area contributed by atoms with Crippen LogP contribution in [0.2, 0.25) is 0 Å². The summed E-state index contributed by atoms with van der Waals surface area (Å²) in [5.74, 6) is 0.410. The number of allylic oxidation sites excluding steroid dienone is 1. The van der Waals surface area contributed by atoms with Gasteiger partial charge < -0.3 is 9.64 Å². The molecule has 178 valence electrons. The lowest BCUT2D eigenvalue weighted by molar-refractivity contribution is -0.113. The predicted octanol–water partition coefficient (Wildman–Crippen LogP) is 5.36. The summed E-state index contributed by atoms with van der Waals surface area (Å²) in [5, 5.41) is 0. The van der Waals surface area contributed by atoms with Crippen molar-refractivity contribution in [1.29, 1.82) is 0 Å². The molecule has 0 aromatic heterocycles. The van der Waals surface area contributed by atoms with Gasteiger partial charge in [-0.25, -0.2) is 0 Å². The van der Waals surface area contributed by atoms with Crippen molar-refractivity contribution in [3.63, 3.8) is 0 Å². The minimum Gasteiger partial charge on any atom is -0.492 e. The van der Waals surface area contributed by atoms with Crippen LogP contribution in [-0.2, 0) is 11.3 Å². The van der Waals surface area contributed by atoms with Gasteiger partial charge in [0, 0.05) is 17.7 Å². The van der Waals surface area contributed by atoms with Gasteiger partial charge in [0.2, 0.25) is 0 Å². The van der Waals surface area contributed by atoms with Gasteiger partial charge in [0.15, 0.2) is 5.78 Å². The van der Waals surface area contributed by atoms with Crippen molar-refractivity contribution >= 4 is 23.0 Å². The highest BCUT2D eigenvalue weighted by Gasteiger charge is 2.32. The lowest BCUT2D eigenvalue weighted by atomic mass is 10.0. The summed E-state index contributed by atoms with van der Waals surface area (Å²) in [6.45, 7) is 4.32. The number of hydrogen-bond donors (Lipinski definition) is 0. The number of fused-ring (bicyclic) bond motifs is 1. The number of nitrogens with zero attached hydrogens (tertiary/aromatic N) is 2. The number of amides is 1. The molecule has 1 saturated heterocycles. The number of benzene rings is 3. The zero-order valence-corrected chi connectivity index (χ0v) is 19.9. The van der Waals surface area contributed by atoms with E-state index in [9.17, 15) is 9.59 Å². The fraction of sp³-hybridized carbons (Fsp3) is 0.267. The highest BCUT2D eigenvalue weighted by Crippen LogP contribution is 2.37. The summed E-state index contributed by atoms with van der Waals surface area (Å²) >= 11 is 0. The molecule has 2 aliphatic heterocycles. The van der Waals surface area contributed by atoms with E-state index in [1.807, 2.05) is 66.7 Å². The number of carbonyl (C=O) groups is 2. The maximum Gasteiger partial charge on any atom is 0.259 e. The maximum absolute atomic E-state index is 13.3. The Balaban J connectivity index is 1.27. The van der Waals surface area contributed by atoms with Crippen LogP contribution in [0.3, 0.4) is 0 Å². The van der Waals surface area contributed by atoms with Crippen LogP contribution in [0, 0.1) is 0 Å². The van der Waals surface area contributed by atoms with Crippen LogP contribution >= 0.6 is 0 Å². The minimum absolute atomic E-state index is 0.152. The van der Waals surface area contributed by atoms with Crippen molar-refractivity contribution in [3.05, 3.63) is 102 Å². The van der Waals surface area contributed by atoms with E-state index in [4.69, 9.17) is 4.74 Å². The molecule has 0 radical (unpaired) electrons. The van der Waals surface area contributed by atoms with Crippen molar-refractivity contribution < 1.29 is 14.3 Å². The highest BCUT2D eigenvalue weighted by atomic mass is 16.5. The molecule has 2 aliphatic rings. The first-order valence-electron chi connectivity index (χ1n) is 12.4. The molecule has 1 amide bonds. The van der Waals surface area contributed by atoms with E-state index >= 15 is 0 Å². The standard InChI is InChI=1S/C30H30N2O3/c33-29(24-13-15-25(16-14-24)35-20-19-31-17-7-2-8-18-31)21-27-26-11-5-6-12-28(26)32(30(27)34)22-23-9-3-1-4-10-23/h1,3-6,9-16,21H,2,7-8,17-20,22H2/b27-21-. The fourth-order valence-corrected chi connectivity index (χ4v) is 4.77. The molecule has 0 saturated carbocycles. The van der Waals surface area contributed by atoms with Crippen molar-refractivity contribution in [2.24, 2.45) is 0 Å². The van der Waals surface area contributed by atoms with Gasteiger partial charge in [0.05, 0.1) is 17.8 Å². The summed E-state index contributed by atoms with van der Waals surface area (Å²) in [4.78, 5) is 30.6. The molecule has 35 heavy (non-hydrogen) atoms. The van der Waals surface area contributed by atoms with E-state index in [0.717, 1.165) is 42.2 Å². The molecular formula is C30H30N2O3. The number of anilines is 1. The van der Waals surface area contributed by atoms with E-state index in [-0.39, 0.29) is 11.7 Å². The molecular weight excluding hydrogens is 436 g/mol. The van der Waals surface area contributed by atoms with Crippen LogP contribution in [-0.4, -0.2) is 42.8 Å². The van der Waals surface area contributed by atoms with Gasteiger partial charge in [-0.1, -0.05) is 55.0 Å². The average molecular weight is 467 g/mol. The first kappa shape index (κ1) is 23.1. The first-order valence-corrected chi connectivity index (χ1v) is 12.4. The van der Waals surface area contributed by atoms with E-state index < -0.39 is 0 Å². The summed E-state index contributed by atoms with van der Waals surface area (Å²) in [7, 11) is 0. The van der Waals surface area contributed by atoms with Crippen molar-refractivity contribution in [3.8, 4) is 5.75 Å². The second-order valence-corrected chi connectivity index (χ2v) is 9.09. The Morgan fingerprint density at radius 1 is 0.857 bits per heavy atom. The molecule has 0 bridgehead atoms. The third-order valence-electron chi connectivity index (χ3n) is 6.68. The Morgan fingerprint density at radius 2 is 1.57 bits per heavy atom. The number of carbonyl (C=O) groups excluding carboxylic acids is 2. The summed E-state index contributed by atoms with van der Waals surface area (Å²) < 4.78 is 5.88. The van der Waals surface area contributed by atoms with Crippen LogP contribution < -0.4 is 9.64 Å². The molecule has 3 aromatic carbocycles. The molecule has 2 heterocycles. The lowest BCUT2D eigenvalue weighted by Crippen LogP contribution is -2.33. The Bertz CT molecular complexity index is 1210. The number of rotatable bonds is 8. The number of hydrogen-bond acceptors (Lipinski definition) is 4. The van der Waals surface area contributed by atoms with Gasteiger partial charge in [-0.3, -0.25) is 14.5 Å². The summed E-state index contributed by atoms with van der Waals surface area (Å²) in [5.41, 5.74) is 3.63. The van der Waals surface area contributed by atoms with E-state index in [1.54, 1.807) is 17.0 Å². The summed E-state index contributed by atoms with van der Waals surface area (Å²) in [6, 6.07) is 24.7. The Morgan fingerprint density at radius 3 is 2.34 bits per heavy atom. The largest absolute Gasteiger partial charge is 0.492 e. The second kappa shape index (κ2) is 10.7. The number of ether oxygens (including phenoxy) is 1. The van der Waals surface area contributed by atoms with Crippen LogP contribution in [0.4, 0.5) is 5.69 Å². The van der Waals surface area contributed by atoms with Gasteiger partial charge >= 0.3 is 0 Å². The quantitative estimate of drug-likeness (QED) is 0.331. The number of piperidine rings is 1. The zero-order chi connectivity index (χ0) is 24.0. The van der Waals surface area contributed by atoms with Gasteiger partial charge in [-0.05, 0) is 67.9 Å². The van der Waals surface area contributed by atoms with Crippen LogP contribution in [0.1, 0.15) is 40.7 Å². The Hall–Kier alpha value is -3.70. The van der Waals surface area contributed by atoms with Crippen molar-refractivity contribution in [2.45, 2.75) is 25.8 Å². The average Bonchev–Trinajstić information content (AvgIpc) is 3.16. The molecule has 0 atom stereocenters. The van der Waals surface area contributed by atoms with Crippen LogP contribution in [0.15, 0.2) is 84.9 Å². The lowest BCUT2D eigenvalue weighted by Gasteiger charge is -2.26. The fourth-order valence-electron chi connectivity index (χ4n) is 4.77.